The Balaban J connectivity index is 2.34. The van der Waals surface area contributed by atoms with Crippen LogP contribution in [0.3, 0.4) is 0 Å². The van der Waals surface area contributed by atoms with Crippen LogP contribution in [-0.4, -0.2) is 69.5 Å². The first-order valence-electron chi connectivity index (χ1n) is 8.56. The number of hydrogen-bond acceptors (Lipinski definition) is 4. The van der Waals surface area contributed by atoms with Gasteiger partial charge in [0.25, 0.3) is 0 Å². The molecule has 6 heteroatoms. The Kier molecular flexibility index (Phi) is 10.2. The van der Waals surface area contributed by atoms with E-state index >= 15 is 0 Å². The number of nitrogens with two attached hydrogens (primary N) is 1. The fourth-order valence-corrected chi connectivity index (χ4v) is 2.62. The van der Waals surface area contributed by atoms with Crippen molar-refractivity contribution in [1.82, 2.24) is 10.2 Å². The Morgan fingerprint density at radius 3 is 2.73 bits per heavy atom. The summed E-state index contributed by atoms with van der Waals surface area (Å²) in [6.07, 6.45) is 2.09. The molecule has 1 aliphatic heterocycles. The SMILES string of the molecule is CCOCCCNC(N)=NCC(CC(C)C)N1CCOCC1. The van der Waals surface area contributed by atoms with Gasteiger partial charge in [0.15, 0.2) is 5.96 Å². The number of nitrogens with one attached hydrogen (secondary N) is 1. The van der Waals surface area contributed by atoms with E-state index in [1.165, 1.54) is 0 Å². The zero-order valence-electron chi connectivity index (χ0n) is 14.5. The summed E-state index contributed by atoms with van der Waals surface area (Å²) in [5.41, 5.74) is 5.95. The van der Waals surface area contributed by atoms with Crippen LogP contribution in [0.4, 0.5) is 0 Å². The van der Waals surface area contributed by atoms with Gasteiger partial charge in [-0.15, -0.1) is 0 Å². The summed E-state index contributed by atoms with van der Waals surface area (Å²) in [5.74, 6) is 1.20. The van der Waals surface area contributed by atoms with Crippen molar-refractivity contribution in [3.05, 3.63) is 0 Å². The summed E-state index contributed by atoms with van der Waals surface area (Å²) >= 11 is 0. The van der Waals surface area contributed by atoms with Crippen LogP contribution in [0.1, 0.15) is 33.6 Å². The van der Waals surface area contributed by atoms with E-state index in [0.29, 0.717) is 17.9 Å². The monoisotopic (exact) mass is 314 g/mol. The lowest BCUT2D eigenvalue weighted by Gasteiger charge is -2.34. The molecule has 1 atom stereocenters. The number of hydrogen-bond donors (Lipinski definition) is 2. The molecule has 0 amide bonds. The molecule has 0 spiro atoms. The maximum absolute atomic E-state index is 5.95. The van der Waals surface area contributed by atoms with Gasteiger partial charge < -0.3 is 20.5 Å². The predicted octanol–water partition coefficient (Wildman–Crippen LogP) is 1.06. The number of aliphatic imine (C=N–C) groups is 1. The predicted molar refractivity (Wildman–Crippen MR) is 91.2 cm³/mol. The zero-order valence-corrected chi connectivity index (χ0v) is 14.5. The molecule has 0 radical (unpaired) electrons. The molecule has 0 aromatic rings. The number of rotatable bonds is 10. The highest BCUT2D eigenvalue weighted by atomic mass is 16.5. The fourth-order valence-electron chi connectivity index (χ4n) is 2.62. The second-order valence-electron chi connectivity index (χ2n) is 6.13. The maximum atomic E-state index is 5.95. The largest absolute Gasteiger partial charge is 0.382 e. The summed E-state index contributed by atoms with van der Waals surface area (Å²) in [5, 5.41) is 3.16. The molecular weight excluding hydrogens is 280 g/mol. The molecule has 0 aromatic carbocycles. The summed E-state index contributed by atoms with van der Waals surface area (Å²) < 4.78 is 10.7. The first-order valence-corrected chi connectivity index (χ1v) is 8.56. The molecule has 1 heterocycles. The average molecular weight is 314 g/mol. The van der Waals surface area contributed by atoms with Gasteiger partial charge in [-0.2, -0.15) is 0 Å². The molecule has 0 bridgehead atoms. The van der Waals surface area contributed by atoms with E-state index < -0.39 is 0 Å². The minimum absolute atomic E-state index is 0.452. The van der Waals surface area contributed by atoms with Crippen molar-refractivity contribution in [2.75, 3.05) is 52.6 Å². The van der Waals surface area contributed by atoms with E-state index in [9.17, 15) is 0 Å². The summed E-state index contributed by atoms with van der Waals surface area (Å²) in [6.45, 7) is 13.2. The quantitative estimate of drug-likeness (QED) is 0.358. The minimum Gasteiger partial charge on any atom is -0.382 e. The van der Waals surface area contributed by atoms with Gasteiger partial charge in [-0.3, -0.25) is 9.89 Å². The number of morpholine rings is 1. The molecule has 0 aliphatic carbocycles. The van der Waals surface area contributed by atoms with Crippen molar-refractivity contribution < 1.29 is 9.47 Å². The minimum atomic E-state index is 0.452. The van der Waals surface area contributed by atoms with Crippen LogP contribution in [0.2, 0.25) is 0 Å². The lowest BCUT2D eigenvalue weighted by atomic mass is 10.0. The number of guanidine groups is 1. The standard InChI is InChI=1S/C16H34N4O2/c1-4-21-9-5-6-18-16(17)19-13-15(12-14(2)3)20-7-10-22-11-8-20/h14-15H,4-13H2,1-3H3,(H3,17,18,19). The number of ether oxygens (including phenoxy) is 2. The molecule has 0 saturated carbocycles. The second-order valence-corrected chi connectivity index (χ2v) is 6.13. The van der Waals surface area contributed by atoms with Crippen molar-refractivity contribution in [3.8, 4) is 0 Å². The summed E-state index contributed by atoms with van der Waals surface area (Å²) in [6, 6.07) is 0.452. The average Bonchev–Trinajstić information content (AvgIpc) is 2.51. The molecule has 0 aromatic heterocycles. The summed E-state index contributed by atoms with van der Waals surface area (Å²) in [4.78, 5) is 7.01. The molecule has 130 valence electrons. The highest BCUT2D eigenvalue weighted by Gasteiger charge is 2.21. The van der Waals surface area contributed by atoms with Gasteiger partial charge in [0.05, 0.1) is 19.8 Å². The molecule has 1 aliphatic rings. The Morgan fingerprint density at radius 1 is 1.36 bits per heavy atom. The molecular formula is C16H34N4O2. The maximum Gasteiger partial charge on any atom is 0.188 e. The van der Waals surface area contributed by atoms with Crippen LogP contribution in [0.5, 0.6) is 0 Å². The molecule has 1 unspecified atom stereocenters. The molecule has 6 nitrogen and oxygen atoms in total. The molecule has 22 heavy (non-hydrogen) atoms. The zero-order chi connectivity index (χ0) is 16.2. The highest BCUT2D eigenvalue weighted by molar-refractivity contribution is 5.77. The van der Waals surface area contributed by atoms with E-state index in [1.807, 2.05) is 6.92 Å². The van der Waals surface area contributed by atoms with E-state index in [4.69, 9.17) is 15.2 Å². The molecule has 1 saturated heterocycles. The number of nitrogens with zero attached hydrogens (tertiary/aromatic N) is 2. The van der Waals surface area contributed by atoms with Crippen LogP contribution < -0.4 is 11.1 Å². The third-order valence-corrected chi connectivity index (χ3v) is 3.75. The Hall–Kier alpha value is -0.850. The van der Waals surface area contributed by atoms with Gasteiger partial charge in [-0.05, 0) is 25.7 Å². The lowest BCUT2D eigenvalue weighted by Crippen LogP contribution is -2.46. The van der Waals surface area contributed by atoms with Crippen LogP contribution in [0, 0.1) is 5.92 Å². The van der Waals surface area contributed by atoms with Crippen molar-refractivity contribution in [2.24, 2.45) is 16.6 Å². The van der Waals surface area contributed by atoms with Crippen molar-refractivity contribution in [3.63, 3.8) is 0 Å². The van der Waals surface area contributed by atoms with E-state index in [2.05, 4.69) is 29.1 Å². The van der Waals surface area contributed by atoms with E-state index in [1.54, 1.807) is 0 Å². The van der Waals surface area contributed by atoms with Crippen LogP contribution in [0.15, 0.2) is 4.99 Å². The topological polar surface area (TPSA) is 72.1 Å². The first-order chi connectivity index (χ1) is 10.6. The highest BCUT2D eigenvalue weighted by Crippen LogP contribution is 2.13. The Morgan fingerprint density at radius 2 is 2.09 bits per heavy atom. The van der Waals surface area contributed by atoms with Crippen molar-refractivity contribution >= 4 is 5.96 Å². The summed E-state index contributed by atoms with van der Waals surface area (Å²) in [7, 11) is 0. The van der Waals surface area contributed by atoms with Gasteiger partial charge in [0.1, 0.15) is 0 Å². The lowest BCUT2D eigenvalue weighted by molar-refractivity contribution is 0.0143. The van der Waals surface area contributed by atoms with E-state index in [0.717, 1.165) is 65.4 Å². The molecule has 1 rings (SSSR count). The van der Waals surface area contributed by atoms with Crippen molar-refractivity contribution in [1.29, 1.82) is 0 Å². The van der Waals surface area contributed by atoms with Gasteiger partial charge in [-0.1, -0.05) is 13.8 Å². The Bertz CT molecular complexity index is 305. The van der Waals surface area contributed by atoms with Crippen molar-refractivity contribution in [2.45, 2.75) is 39.7 Å². The first kappa shape index (κ1) is 19.2. The van der Waals surface area contributed by atoms with E-state index in [-0.39, 0.29) is 0 Å². The molecule has 1 fully saturated rings. The van der Waals surface area contributed by atoms with Gasteiger partial charge in [0, 0.05) is 38.9 Å². The van der Waals surface area contributed by atoms with Crippen LogP contribution >= 0.6 is 0 Å². The third-order valence-electron chi connectivity index (χ3n) is 3.75. The van der Waals surface area contributed by atoms with Gasteiger partial charge >= 0.3 is 0 Å². The van der Waals surface area contributed by atoms with Gasteiger partial charge in [-0.25, -0.2) is 0 Å². The Labute approximate surface area is 135 Å². The third kappa shape index (κ3) is 8.56. The fraction of sp³-hybridized carbons (Fsp3) is 0.938. The van der Waals surface area contributed by atoms with Crippen LogP contribution in [0.25, 0.3) is 0 Å². The van der Waals surface area contributed by atoms with Crippen LogP contribution in [-0.2, 0) is 9.47 Å². The van der Waals surface area contributed by atoms with Gasteiger partial charge in [0.2, 0.25) is 0 Å². The normalized spacial score (nSPS) is 18.6. The second kappa shape index (κ2) is 11.7. The molecule has 3 N–H and O–H groups in total. The smallest absolute Gasteiger partial charge is 0.188 e.